The highest BCUT2D eigenvalue weighted by Gasteiger charge is 2.29. The number of nitrogens with two attached hydrogens (primary N) is 1. The first-order valence-corrected chi connectivity index (χ1v) is 6.55. The first kappa shape index (κ1) is 16.8. The molecule has 0 aromatic carbocycles. The highest BCUT2D eigenvalue weighted by atomic mass is 35.5. The molecule has 0 atom stereocenters. The van der Waals surface area contributed by atoms with E-state index in [1.165, 1.54) is 6.92 Å². The lowest BCUT2D eigenvalue weighted by molar-refractivity contribution is 0.0521. The number of nitrogens with one attached hydrogen (secondary N) is 1. The number of furan rings is 1. The van der Waals surface area contributed by atoms with Gasteiger partial charge in [-0.2, -0.15) is 0 Å². The van der Waals surface area contributed by atoms with Crippen molar-refractivity contribution in [2.24, 2.45) is 5.73 Å². The smallest absolute Gasteiger partial charge is 0.414 e. The largest absolute Gasteiger partial charge is 0.462 e. The molecule has 2 amide bonds. The van der Waals surface area contributed by atoms with Gasteiger partial charge in [-0.15, -0.1) is 11.6 Å². The van der Waals surface area contributed by atoms with Crippen LogP contribution < -0.4 is 11.1 Å². The van der Waals surface area contributed by atoms with E-state index in [9.17, 15) is 14.4 Å². The molecule has 0 aliphatic heterocycles. The fourth-order valence-corrected chi connectivity index (χ4v) is 1.65. The fraction of sp³-hybridized carbons (Fsp3) is 0.417. The van der Waals surface area contributed by atoms with Crippen molar-refractivity contribution < 1.29 is 28.3 Å². The highest BCUT2D eigenvalue weighted by molar-refractivity contribution is 6.18. The summed E-state index contributed by atoms with van der Waals surface area (Å²) in [5.74, 6) is -1.78. The van der Waals surface area contributed by atoms with E-state index in [1.54, 1.807) is 6.92 Å². The first-order valence-electron chi connectivity index (χ1n) is 6.02. The third-order valence-electron chi connectivity index (χ3n) is 2.34. The molecule has 0 radical (unpaired) electrons. The fourth-order valence-electron chi connectivity index (χ4n) is 1.58. The summed E-state index contributed by atoms with van der Waals surface area (Å²) in [7, 11) is 0. The molecule has 0 spiro atoms. The van der Waals surface area contributed by atoms with Crippen LogP contribution in [0.1, 0.15) is 33.4 Å². The number of anilines is 1. The molecule has 0 aliphatic carbocycles. The molecule has 1 heterocycles. The number of primary amides is 1. The van der Waals surface area contributed by atoms with Gasteiger partial charge in [0.2, 0.25) is 5.88 Å². The molecule has 9 heteroatoms. The van der Waals surface area contributed by atoms with Gasteiger partial charge in [0.15, 0.2) is 0 Å². The molecule has 116 valence electrons. The van der Waals surface area contributed by atoms with E-state index < -0.39 is 18.0 Å². The summed E-state index contributed by atoms with van der Waals surface area (Å²) in [6, 6.07) is 0. The number of aryl methyl sites for hydroxylation is 1. The Kier molecular flexibility index (Phi) is 6.04. The van der Waals surface area contributed by atoms with Gasteiger partial charge >= 0.3 is 12.1 Å². The van der Waals surface area contributed by atoms with Crippen molar-refractivity contribution in [3.05, 3.63) is 16.9 Å². The molecule has 0 saturated carbocycles. The van der Waals surface area contributed by atoms with Crippen molar-refractivity contribution in [1.82, 2.24) is 0 Å². The molecule has 21 heavy (non-hydrogen) atoms. The zero-order valence-electron chi connectivity index (χ0n) is 11.5. The van der Waals surface area contributed by atoms with Gasteiger partial charge in [0.1, 0.15) is 23.5 Å². The zero-order chi connectivity index (χ0) is 16.0. The summed E-state index contributed by atoms with van der Waals surface area (Å²) in [5.41, 5.74) is 4.82. The van der Waals surface area contributed by atoms with Crippen LogP contribution in [0.4, 0.5) is 10.7 Å². The van der Waals surface area contributed by atoms with Gasteiger partial charge in [0.25, 0.3) is 5.91 Å². The lowest BCUT2D eigenvalue weighted by Gasteiger charge is -2.05. The molecule has 0 unspecified atom stereocenters. The summed E-state index contributed by atoms with van der Waals surface area (Å²) >= 11 is 5.37. The molecule has 0 fully saturated rings. The van der Waals surface area contributed by atoms with Crippen LogP contribution >= 0.6 is 11.6 Å². The predicted molar refractivity (Wildman–Crippen MR) is 73.6 cm³/mol. The van der Waals surface area contributed by atoms with E-state index in [4.69, 9.17) is 26.5 Å². The number of alkyl halides is 1. The Morgan fingerprint density at radius 3 is 2.48 bits per heavy atom. The number of amides is 2. The number of ether oxygens (including phenoxy) is 2. The second kappa shape index (κ2) is 7.53. The second-order valence-corrected chi connectivity index (χ2v) is 4.15. The Balaban J connectivity index is 3.10. The summed E-state index contributed by atoms with van der Waals surface area (Å²) in [6.07, 6.45) is -0.887. The first-order chi connectivity index (χ1) is 9.92. The average Bonchev–Trinajstić information content (AvgIpc) is 2.73. The average molecular weight is 319 g/mol. The normalized spacial score (nSPS) is 10.0. The van der Waals surface area contributed by atoms with Gasteiger partial charge in [-0.25, -0.2) is 9.59 Å². The monoisotopic (exact) mass is 318 g/mol. The van der Waals surface area contributed by atoms with Crippen LogP contribution in [0.2, 0.25) is 0 Å². The number of rotatable bonds is 6. The Morgan fingerprint density at radius 2 is 1.95 bits per heavy atom. The molecule has 8 nitrogen and oxygen atoms in total. The van der Waals surface area contributed by atoms with Crippen LogP contribution in [-0.2, 0) is 9.47 Å². The van der Waals surface area contributed by atoms with Crippen molar-refractivity contribution in [2.45, 2.75) is 13.8 Å². The van der Waals surface area contributed by atoms with Gasteiger partial charge in [0.05, 0.1) is 12.5 Å². The third kappa shape index (κ3) is 4.12. The SMILES string of the molecule is CCOC(=O)c1c(C)oc(NC(=O)OCCCl)c1C(N)=O. The van der Waals surface area contributed by atoms with Gasteiger partial charge in [-0.05, 0) is 13.8 Å². The van der Waals surface area contributed by atoms with Gasteiger partial charge in [-0.3, -0.25) is 10.1 Å². The van der Waals surface area contributed by atoms with Crippen molar-refractivity contribution in [2.75, 3.05) is 24.4 Å². The van der Waals surface area contributed by atoms with Gasteiger partial charge in [-0.1, -0.05) is 0 Å². The highest BCUT2D eigenvalue weighted by Crippen LogP contribution is 2.27. The molecule has 1 aromatic rings. The topological polar surface area (TPSA) is 121 Å². The number of hydrogen-bond acceptors (Lipinski definition) is 6. The van der Waals surface area contributed by atoms with Crippen molar-refractivity contribution in [1.29, 1.82) is 0 Å². The summed E-state index contributed by atoms with van der Waals surface area (Å²) in [6.45, 7) is 3.14. The molecular weight excluding hydrogens is 304 g/mol. The second-order valence-electron chi connectivity index (χ2n) is 3.77. The number of carbonyl (C=O) groups excluding carboxylic acids is 3. The molecule has 0 saturated heterocycles. The lowest BCUT2D eigenvalue weighted by Crippen LogP contribution is -2.21. The molecule has 1 aromatic heterocycles. The van der Waals surface area contributed by atoms with Crippen molar-refractivity contribution in [3.63, 3.8) is 0 Å². The summed E-state index contributed by atoms with van der Waals surface area (Å²) in [4.78, 5) is 34.8. The Labute approximate surface area is 125 Å². The molecule has 1 rings (SSSR count). The maximum Gasteiger partial charge on any atom is 0.414 e. The van der Waals surface area contributed by atoms with Crippen LogP contribution in [-0.4, -0.2) is 37.1 Å². The molecule has 0 aliphatic rings. The van der Waals surface area contributed by atoms with E-state index >= 15 is 0 Å². The van der Waals surface area contributed by atoms with E-state index in [0.717, 1.165) is 0 Å². The molecule has 3 N–H and O–H groups in total. The lowest BCUT2D eigenvalue weighted by atomic mass is 10.1. The Hall–Kier alpha value is -2.22. The number of carbonyl (C=O) groups is 3. The van der Waals surface area contributed by atoms with Gasteiger partial charge < -0.3 is 19.6 Å². The van der Waals surface area contributed by atoms with Crippen molar-refractivity contribution >= 4 is 35.5 Å². The third-order valence-corrected chi connectivity index (χ3v) is 2.49. The number of hydrogen-bond donors (Lipinski definition) is 2. The van der Waals surface area contributed by atoms with Crippen LogP contribution in [0.3, 0.4) is 0 Å². The number of halogens is 1. The summed E-state index contributed by atoms with van der Waals surface area (Å²) in [5, 5.41) is 2.19. The summed E-state index contributed by atoms with van der Waals surface area (Å²) < 4.78 is 14.7. The predicted octanol–water partition coefficient (Wildman–Crippen LogP) is 1.65. The molecular formula is C12H15ClN2O6. The Bertz CT molecular complexity index is 554. The van der Waals surface area contributed by atoms with Crippen LogP contribution in [0, 0.1) is 6.92 Å². The quantitative estimate of drug-likeness (QED) is 0.607. The van der Waals surface area contributed by atoms with E-state index in [1.807, 2.05) is 0 Å². The minimum atomic E-state index is -0.942. The number of esters is 1. The van der Waals surface area contributed by atoms with Crippen LogP contribution in [0.5, 0.6) is 0 Å². The van der Waals surface area contributed by atoms with E-state index in [0.29, 0.717) is 0 Å². The van der Waals surface area contributed by atoms with Crippen molar-refractivity contribution in [3.8, 4) is 0 Å². The van der Waals surface area contributed by atoms with E-state index in [2.05, 4.69) is 10.1 Å². The van der Waals surface area contributed by atoms with Gasteiger partial charge in [0, 0.05) is 0 Å². The van der Waals surface area contributed by atoms with E-state index in [-0.39, 0.29) is 41.9 Å². The maximum atomic E-state index is 11.8. The minimum absolute atomic E-state index is 0.0241. The molecule has 0 bridgehead atoms. The maximum absolute atomic E-state index is 11.8. The minimum Gasteiger partial charge on any atom is -0.462 e. The zero-order valence-corrected chi connectivity index (χ0v) is 12.3. The standard InChI is InChI=1S/C12H15ClN2O6/c1-3-19-11(17)7-6(2)21-10(8(7)9(14)16)15-12(18)20-5-4-13/h3-5H2,1-2H3,(H2,14,16)(H,15,18). The van der Waals surface area contributed by atoms with Crippen LogP contribution in [0.25, 0.3) is 0 Å². The van der Waals surface area contributed by atoms with Crippen LogP contribution in [0.15, 0.2) is 4.42 Å². The Morgan fingerprint density at radius 1 is 1.29 bits per heavy atom.